The lowest BCUT2D eigenvalue weighted by Crippen LogP contribution is -2.49. The average molecular weight is 398 g/mol. The van der Waals surface area contributed by atoms with Crippen LogP contribution in [-0.2, 0) is 6.54 Å². The number of nitrogens with two attached hydrogens (primary N) is 1. The first kappa shape index (κ1) is 20.3. The third kappa shape index (κ3) is 3.89. The van der Waals surface area contributed by atoms with Gasteiger partial charge >= 0.3 is 0 Å². The quantitative estimate of drug-likeness (QED) is 0.696. The number of fused-ring (bicyclic) bond motifs is 3. The largest absolute Gasteiger partial charge is 0.472 e. The molecule has 2 aliphatic rings. The first-order chi connectivity index (χ1) is 14.0. The lowest BCUT2D eigenvalue weighted by molar-refractivity contribution is -0.0361. The molecule has 5 nitrogen and oxygen atoms in total. The Hall–Kier alpha value is -2.01. The minimum Gasteiger partial charge on any atom is -0.472 e. The zero-order chi connectivity index (χ0) is 20.4. The standard InChI is InChI=1S/C24H35N3O2/c1-3-4-5-8-14-26-15-11-18(12-16-26)24(2)13-17-27-20-10-7-6-9-19(20)21(22(25)28)23(27)29-24/h6-7,9-10,18H,3-5,8,11-17H2,1-2H3,(H2,25,28). The van der Waals surface area contributed by atoms with Crippen molar-refractivity contribution in [3.63, 3.8) is 0 Å². The molecule has 1 unspecified atom stereocenters. The van der Waals surface area contributed by atoms with Crippen LogP contribution in [0.4, 0.5) is 0 Å². The fourth-order valence-electron chi connectivity index (χ4n) is 5.27. The van der Waals surface area contributed by atoms with Gasteiger partial charge in [0.2, 0.25) is 5.88 Å². The Balaban J connectivity index is 1.47. The Morgan fingerprint density at radius 3 is 2.66 bits per heavy atom. The summed E-state index contributed by atoms with van der Waals surface area (Å²) in [5, 5.41) is 0.904. The first-order valence-corrected chi connectivity index (χ1v) is 11.4. The fourth-order valence-corrected chi connectivity index (χ4v) is 5.27. The van der Waals surface area contributed by atoms with Gasteiger partial charge in [0.1, 0.15) is 11.2 Å². The Kier molecular flexibility index (Phi) is 5.86. The number of likely N-dealkylation sites (tertiary alicyclic amines) is 1. The summed E-state index contributed by atoms with van der Waals surface area (Å²) in [6, 6.07) is 7.98. The van der Waals surface area contributed by atoms with Crippen molar-refractivity contribution in [2.45, 2.75) is 70.9 Å². The third-order valence-electron chi connectivity index (χ3n) is 7.11. The third-order valence-corrected chi connectivity index (χ3v) is 7.11. The monoisotopic (exact) mass is 397 g/mol. The summed E-state index contributed by atoms with van der Waals surface area (Å²) in [6.07, 6.45) is 8.59. The molecule has 1 fully saturated rings. The number of carbonyl (C=O) groups is 1. The molecule has 29 heavy (non-hydrogen) atoms. The van der Waals surface area contributed by atoms with E-state index >= 15 is 0 Å². The molecule has 5 heteroatoms. The van der Waals surface area contributed by atoms with Gasteiger partial charge in [0, 0.05) is 24.3 Å². The van der Waals surface area contributed by atoms with Crippen LogP contribution < -0.4 is 10.5 Å². The molecule has 0 radical (unpaired) electrons. The number of rotatable bonds is 7. The van der Waals surface area contributed by atoms with Gasteiger partial charge in [0.25, 0.3) is 5.91 Å². The van der Waals surface area contributed by atoms with E-state index in [0.717, 1.165) is 49.8 Å². The topological polar surface area (TPSA) is 60.5 Å². The molecule has 1 aromatic carbocycles. The van der Waals surface area contributed by atoms with E-state index in [9.17, 15) is 4.79 Å². The van der Waals surface area contributed by atoms with Gasteiger partial charge in [-0.1, -0.05) is 44.4 Å². The number of unbranched alkanes of at least 4 members (excludes halogenated alkanes) is 3. The number of para-hydroxylation sites is 1. The molecule has 4 rings (SSSR count). The van der Waals surface area contributed by atoms with Gasteiger partial charge in [-0.05, 0) is 51.9 Å². The highest BCUT2D eigenvalue weighted by molar-refractivity contribution is 6.09. The van der Waals surface area contributed by atoms with Crippen LogP contribution in [-0.4, -0.2) is 40.6 Å². The number of aryl methyl sites for hydroxylation is 1. The molecule has 0 spiro atoms. The number of aromatic nitrogens is 1. The minimum atomic E-state index is -0.402. The van der Waals surface area contributed by atoms with Crippen LogP contribution in [0.3, 0.4) is 0 Å². The van der Waals surface area contributed by atoms with E-state index in [0.29, 0.717) is 17.4 Å². The molecule has 0 saturated carbocycles. The van der Waals surface area contributed by atoms with Gasteiger partial charge < -0.3 is 19.9 Å². The minimum absolute atomic E-state index is 0.233. The number of nitrogens with zero attached hydrogens (tertiary/aromatic N) is 2. The van der Waals surface area contributed by atoms with E-state index in [1.165, 1.54) is 32.2 Å². The normalized spacial score (nSPS) is 23.1. The Bertz CT molecular complexity index is 866. The van der Waals surface area contributed by atoms with Gasteiger partial charge in [0.05, 0.1) is 5.52 Å². The number of primary amides is 1. The Labute approximate surface area is 174 Å². The second kappa shape index (κ2) is 8.39. The summed E-state index contributed by atoms with van der Waals surface area (Å²) in [5.41, 5.74) is 7.11. The van der Waals surface area contributed by atoms with Gasteiger partial charge in [0.15, 0.2) is 0 Å². The van der Waals surface area contributed by atoms with Crippen LogP contribution in [0.15, 0.2) is 24.3 Å². The highest BCUT2D eigenvalue weighted by Gasteiger charge is 2.42. The smallest absolute Gasteiger partial charge is 0.254 e. The zero-order valence-electron chi connectivity index (χ0n) is 18.0. The highest BCUT2D eigenvalue weighted by atomic mass is 16.5. The predicted molar refractivity (Wildman–Crippen MR) is 117 cm³/mol. The summed E-state index contributed by atoms with van der Waals surface area (Å²) in [7, 11) is 0. The number of carbonyl (C=O) groups excluding carboxylic acids is 1. The highest BCUT2D eigenvalue weighted by Crippen LogP contribution is 2.43. The molecule has 1 saturated heterocycles. The number of hydrogen-bond donors (Lipinski definition) is 1. The molecule has 0 aliphatic carbocycles. The molecule has 1 amide bonds. The summed E-state index contributed by atoms with van der Waals surface area (Å²) >= 11 is 0. The molecule has 1 atom stereocenters. The van der Waals surface area contributed by atoms with Gasteiger partial charge in [-0.3, -0.25) is 4.79 Å². The fraction of sp³-hybridized carbons (Fsp3) is 0.625. The summed E-state index contributed by atoms with van der Waals surface area (Å²) in [5.74, 6) is 0.789. The summed E-state index contributed by atoms with van der Waals surface area (Å²) < 4.78 is 8.77. The first-order valence-electron chi connectivity index (χ1n) is 11.4. The van der Waals surface area contributed by atoms with Crippen LogP contribution in [0.1, 0.15) is 69.2 Å². The van der Waals surface area contributed by atoms with Crippen LogP contribution in [0, 0.1) is 5.92 Å². The van der Waals surface area contributed by atoms with Crippen molar-refractivity contribution in [2.24, 2.45) is 11.7 Å². The van der Waals surface area contributed by atoms with Gasteiger partial charge in [-0.25, -0.2) is 0 Å². The van der Waals surface area contributed by atoms with Crippen LogP contribution in [0.25, 0.3) is 10.9 Å². The van der Waals surface area contributed by atoms with Gasteiger partial charge in [-0.2, -0.15) is 0 Å². The molecule has 0 bridgehead atoms. The van der Waals surface area contributed by atoms with Crippen molar-refractivity contribution in [1.82, 2.24) is 9.47 Å². The average Bonchev–Trinajstić information content (AvgIpc) is 3.05. The molecule has 2 aromatic rings. The molecule has 158 valence electrons. The lowest BCUT2D eigenvalue weighted by Gasteiger charge is -2.45. The van der Waals surface area contributed by atoms with Crippen LogP contribution >= 0.6 is 0 Å². The molecule has 1 aromatic heterocycles. The van der Waals surface area contributed by atoms with Crippen molar-refractivity contribution >= 4 is 16.8 Å². The zero-order valence-corrected chi connectivity index (χ0v) is 18.0. The molecular weight excluding hydrogens is 362 g/mol. The molecular formula is C24H35N3O2. The van der Waals surface area contributed by atoms with E-state index < -0.39 is 5.91 Å². The van der Waals surface area contributed by atoms with Crippen LogP contribution in [0.5, 0.6) is 5.88 Å². The SMILES string of the molecule is CCCCCCN1CCC(C2(C)CCn3c(c(C(N)=O)c4ccccc43)O2)CC1. The van der Waals surface area contributed by atoms with Crippen molar-refractivity contribution in [3.05, 3.63) is 29.8 Å². The second-order valence-corrected chi connectivity index (χ2v) is 9.05. The van der Waals surface area contributed by atoms with Crippen molar-refractivity contribution in [1.29, 1.82) is 0 Å². The molecule has 2 N–H and O–H groups in total. The molecule has 2 aliphatic heterocycles. The second-order valence-electron chi connectivity index (χ2n) is 9.05. The number of ether oxygens (including phenoxy) is 1. The Morgan fingerprint density at radius 2 is 1.93 bits per heavy atom. The van der Waals surface area contributed by atoms with E-state index in [4.69, 9.17) is 10.5 Å². The Morgan fingerprint density at radius 1 is 1.17 bits per heavy atom. The van der Waals surface area contributed by atoms with Crippen molar-refractivity contribution in [2.75, 3.05) is 19.6 Å². The maximum absolute atomic E-state index is 12.2. The maximum Gasteiger partial charge on any atom is 0.254 e. The van der Waals surface area contributed by atoms with E-state index in [1.807, 2.05) is 24.3 Å². The molecule has 3 heterocycles. The number of hydrogen-bond acceptors (Lipinski definition) is 3. The van der Waals surface area contributed by atoms with Crippen molar-refractivity contribution in [3.8, 4) is 5.88 Å². The van der Waals surface area contributed by atoms with E-state index in [1.54, 1.807) is 0 Å². The van der Waals surface area contributed by atoms with Crippen LogP contribution in [0.2, 0.25) is 0 Å². The number of benzene rings is 1. The van der Waals surface area contributed by atoms with Gasteiger partial charge in [-0.15, -0.1) is 0 Å². The number of amides is 1. The number of piperidine rings is 1. The summed E-state index contributed by atoms with van der Waals surface area (Å²) in [6.45, 7) is 8.91. The summed E-state index contributed by atoms with van der Waals surface area (Å²) in [4.78, 5) is 14.9. The van der Waals surface area contributed by atoms with Crippen molar-refractivity contribution < 1.29 is 9.53 Å². The maximum atomic E-state index is 12.2. The predicted octanol–water partition coefficient (Wildman–Crippen LogP) is 4.57. The van der Waals surface area contributed by atoms with E-state index in [-0.39, 0.29) is 5.60 Å². The van der Waals surface area contributed by atoms with E-state index in [2.05, 4.69) is 23.3 Å². The lowest BCUT2D eigenvalue weighted by atomic mass is 9.79.